The number of hydrogen-bond acceptors (Lipinski definition) is 3. The fourth-order valence-electron chi connectivity index (χ4n) is 4.83. The van der Waals surface area contributed by atoms with E-state index < -0.39 is 0 Å². The van der Waals surface area contributed by atoms with Gasteiger partial charge < -0.3 is 14.5 Å². The number of amides is 1. The van der Waals surface area contributed by atoms with Crippen LogP contribution < -0.4 is 0 Å². The molecule has 3 aliphatic rings. The summed E-state index contributed by atoms with van der Waals surface area (Å²) in [6.45, 7) is 5.69. The molecule has 2 saturated heterocycles. The maximum Gasteiger partial charge on any atom is 0.253 e. The molecule has 0 bridgehead atoms. The summed E-state index contributed by atoms with van der Waals surface area (Å²) in [6.07, 6.45) is 6.79. The second kappa shape index (κ2) is 8.28. The van der Waals surface area contributed by atoms with Gasteiger partial charge in [0, 0.05) is 49.2 Å². The van der Waals surface area contributed by atoms with Crippen molar-refractivity contribution in [3.63, 3.8) is 0 Å². The first kappa shape index (κ1) is 18.3. The molecular weight excluding hydrogens is 348 g/mol. The van der Waals surface area contributed by atoms with Gasteiger partial charge in [-0.3, -0.25) is 4.79 Å². The van der Waals surface area contributed by atoms with E-state index in [0.29, 0.717) is 23.0 Å². The molecule has 0 N–H and O–H groups in total. The van der Waals surface area contributed by atoms with Gasteiger partial charge in [0.15, 0.2) is 0 Å². The van der Waals surface area contributed by atoms with Crippen LogP contribution in [0.5, 0.6) is 0 Å². The van der Waals surface area contributed by atoms with E-state index in [-0.39, 0.29) is 12.0 Å². The van der Waals surface area contributed by atoms with E-state index in [1.807, 2.05) is 17.0 Å². The Morgan fingerprint density at radius 1 is 1.15 bits per heavy atom. The highest BCUT2D eigenvalue weighted by Gasteiger charge is 2.35. The third kappa shape index (κ3) is 4.24. The Labute approximate surface area is 161 Å². The Kier molecular flexibility index (Phi) is 5.82. The molecule has 1 aromatic rings. The Bertz CT molecular complexity index is 632. The largest absolute Gasteiger partial charge is 0.375 e. The Hall–Kier alpha value is -1.10. The lowest BCUT2D eigenvalue weighted by Gasteiger charge is -2.38. The summed E-state index contributed by atoms with van der Waals surface area (Å²) in [7, 11) is 0. The molecule has 0 aromatic heterocycles. The highest BCUT2D eigenvalue weighted by molar-refractivity contribution is 6.30. The number of halogens is 1. The van der Waals surface area contributed by atoms with Crippen LogP contribution in [0, 0.1) is 11.8 Å². The molecular formula is C21H29ClN2O2. The molecule has 2 heterocycles. The summed E-state index contributed by atoms with van der Waals surface area (Å²) in [6, 6.07) is 7.24. The van der Waals surface area contributed by atoms with Crippen LogP contribution in [0.15, 0.2) is 24.3 Å². The molecule has 0 unspecified atom stereocenters. The van der Waals surface area contributed by atoms with Crippen molar-refractivity contribution < 1.29 is 9.53 Å². The number of nitrogens with zero attached hydrogens (tertiary/aromatic N) is 2. The van der Waals surface area contributed by atoms with E-state index in [1.54, 1.807) is 12.1 Å². The van der Waals surface area contributed by atoms with Crippen LogP contribution in [-0.4, -0.2) is 61.1 Å². The fourth-order valence-corrected chi connectivity index (χ4v) is 5.02. The minimum atomic E-state index is 0.0709. The number of rotatable bonds is 3. The van der Waals surface area contributed by atoms with Gasteiger partial charge in [0.2, 0.25) is 0 Å². The minimum Gasteiger partial charge on any atom is -0.375 e. The smallest absolute Gasteiger partial charge is 0.253 e. The van der Waals surface area contributed by atoms with E-state index in [4.69, 9.17) is 16.3 Å². The van der Waals surface area contributed by atoms with Gasteiger partial charge in [-0.1, -0.05) is 30.5 Å². The molecule has 2 atom stereocenters. The van der Waals surface area contributed by atoms with Crippen molar-refractivity contribution in [1.29, 1.82) is 0 Å². The minimum absolute atomic E-state index is 0.0709. The Balaban J connectivity index is 1.36. The second-order valence-electron chi connectivity index (χ2n) is 8.13. The molecule has 4 rings (SSSR count). The number of hydrogen-bond donors (Lipinski definition) is 0. The number of fused-ring (bicyclic) bond motifs is 1. The van der Waals surface area contributed by atoms with Crippen LogP contribution in [-0.2, 0) is 4.74 Å². The molecule has 3 fully saturated rings. The van der Waals surface area contributed by atoms with E-state index in [0.717, 1.165) is 38.6 Å². The van der Waals surface area contributed by atoms with Crippen molar-refractivity contribution in [2.45, 2.75) is 38.2 Å². The Morgan fingerprint density at radius 2 is 2.00 bits per heavy atom. The van der Waals surface area contributed by atoms with Gasteiger partial charge in [0.1, 0.15) is 0 Å². The zero-order valence-electron chi connectivity index (χ0n) is 15.4. The maximum absolute atomic E-state index is 12.8. The van der Waals surface area contributed by atoms with Crippen molar-refractivity contribution in [2.75, 3.05) is 39.3 Å². The van der Waals surface area contributed by atoms with Crippen LogP contribution in [0.3, 0.4) is 0 Å². The standard InChI is InChI=1S/C21H29ClN2O2/c22-19-7-3-6-17(12-19)21(25)24-9-8-18-14-23(10-11-26-20(18)15-24)13-16-4-1-2-5-16/h3,6-7,12,16,18,20H,1-2,4-5,8-11,13-15H2/t18-,20-/m1/s1. The molecule has 2 aliphatic heterocycles. The van der Waals surface area contributed by atoms with Crippen molar-refractivity contribution >= 4 is 17.5 Å². The zero-order chi connectivity index (χ0) is 17.9. The molecule has 0 radical (unpaired) electrons. The summed E-state index contributed by atoms with van der Waals surface area (Å²) in [5.41, 5.74) is 0.674. The number of piperidine rings is 1. The van der Waals surface area contributed by atoms with Gasteiger partial charge in [0.25, 0.3) is 5.91 Å². The molecule has 1 amide bonds. The van der Waals surface area contributed by atoms with Crippen molar-refractivity contribution in [3.05, 3.63) is 34.9 Å². The van der Waals surface area contributed by atoms with Crippen LogP contribution in [0.4, 0.5) is 0 Å². The number of benzene rings is 1. The lowest BCUT2D eigenvalue weighted by molar-refractivity contribution is -0.0171. The first-order chi connectivity index (χ1) is 12.7. The molecule has 0 spiro atoms. The predicted molar refractivity (Wildman–Crippen MR) is 104 cm³/mol. The molecule has 1 saturated carbocycles. The van der Waals surface area contributed by atoms with Crippen LogP contribution in [0.1, 0.15) is 42.5 Å². The fraction of sp³-hybridized carbons (Fsp3) is 0.667. The van der Waals surface area contributed by atoms with E-state index in [2.05, 4.69) is 4.90 Å². The molecule has 4 nitrogen and oxygen atoms in total. The number of likely N-dealkylation sites (tertiary alicyclic amines) is 1. The van der Waals surface area contributed by atoms with E-state index >= 15 is 0 Å². The maximum atomic E-state index is 12.8. The topological polar surface area (TPSA) is 32.8 Å². The molecule has 1 aromatic carbocycles. The highest BCUT2D eigenvalue weighted by atomic mass is 35.5. The lowest BCUT2D eigenvalue weighted by Crippen LogP contribution is -2.49. The summed E-state index contributed by atoms with van der Waals surface area (Å²) in [5.74, 6) is 1.50. The van der Waals surface area contributed by atoms with Gasteiger partial charge in [0.05, 0.1) is 12.7 Å². The van der Waals surface area contributed by atoms with Gasteiger partial charge in [-0.05, 0) is 43.4 Å². The average Bonchev–Trinajstić information content (AvgIpc) is 3.06. The van der Waals surface area contributed by atoms with Crippen LogP contribution in [0.2, 0.25) is 5.02 Å². The molecule has 1 aliphatic carbocycles. The normalized spacial score (nSPS) is 28.0. The highest BCUT2D eigenvalue weighted by Crippen LogP contribution is 2.29. The summed E-state index contributed by atoms with van der Waals surface area (Å²) < 4.78 is 6.18. The summed E-state index contributed by atoms with van der Waals surface area (Å²) >= 11 is 6.04. The van der Waals surface area contributed by atoms with Gasteiger partial charge in [-0.25, -0.2) is 0 Å². The van der Waals surface area contributed by atoms with Gasteiger partial charge in [-0.2, -0.15) is 0 Å². The second-order valence-corrected chi connectivity index (χ2v) is 8.57. The van der Waals surface area contributed by atoms with Crippen LogP contribution in [0.25, 0.3) is 0 Å². The Morgan fingerprint density at radius 3 is 2.81 bits per heavy atom. The monoisotopic (exact) mass is 376 g/mol. The third-order valence-corrected chi connectivity index (χ3v) is 6.51. The van der Waals surface area contributed by atoms with Crippen molar-refractivity contribution in [1.82, 2.24) is 9.80 Å². The number of ether oxygens (including phenoxy) is 1. The summed E-state index contributed by atoms with van der Waals surface area (Å²) in [4.78, 5) is 17.4. The van der Waals surface area contributed by atoms with Crippen molar-refractivity contribution in [2.24, 2.45) is 11.8 Å². The van der Waals surface area contributed by atoms with Gasteiger partial charge in [-0.15, -0.1) is 0 Å². The molecule has 5 heteroatoms. The SMILES string of the molecule is O=C(c1cccc(Cl)c1)N1CC[C@@H]2CN(CC3CCCC3)CCO[C@@H]2C1. The number of carbonyl (C=O) groups is 1. The first-order valence-corrected chi connectivity index (χ1v) is 10.5. The lowest BCUT2D eigenvalue weighted by atomic mass is 9.92. The average molecular weight is 377 g/mol. The number of carbonyl (C=O) groups excluding carboxylic acids is 1. The predicted octanol–water partition coefficient (Wildman–Crippen LogP) is 3.69. The van der Waals surface area contributed by atoms with Gasteiger partial charge >= 0.3 is 0 Å². The first-order valence-electron chi connectivity index (χ1n) is 10.1. The molecule has 142 valence electrons. The van der Waals surface area contributed by atoms with Crippen LogP contribution >= 0.6 is 11.6 Å². The zero-order valence-corrected chi connectivity index (χ0v) is 16.2. The summed E-state index contributed by atoms with van der Waals surface area (Å²) in [5, 5.41) is 0.610. The van der Waals surface area contributed by atoms with Crippen molar-refractivity contribution in [3.8, 4) is 0 Å². The van der Waals surface area contributed by atoms with E-state index in [1.165, 1.54) is 32.2 Å². The van der Waals surface area contributed by atoms with E-state index in [9.17, 15) is 4.79 Å². The quantitative estimate of drug-likeness (QED) is 0.806. The third-order valence-electron chi connectivity index (χ3n) is 6.28. The molecule has 26 heavy (non-hydrogen) atoms.